The number of urea groups is 1. The number of hydrogen-bond donors (Lipinski definition) is 1. The summed E-state index contributed by atoms with van der Waals surface area (Å²) >= 11 is 0. The number of nitrogens with zero attached hydrogens (tertiary/aromatic N) is 1. The van der Waals surface area contributed by atoms with Gasteiger partial charge in [-0.3, -0.25) is 0 Å². The molecule has 0 aromatic heterocycles. The van der Waals surface area contributed by atoms with E-state index in [2.05, 4.69) is 26.1 Å². The molecule has 1 heterocycles. The molecule has 0 aromatic carbocycles. The van der Waals surface area contributed by atoms with Crippen molar-refractivity contribution in [2.24, 2.45) is 5.41 Å². The van der Waals surface area contributed by atoms with E-state index in [1.54, 1.807) is 0 Å². The summed E-state index contributed by atoms with van der Waals surface area (Å²) in [5.74, 6) is 0. The summed E-state index contributed by atoms with van der Waals surface area (Å²) in [6.07, 6.45) is 7.04. The minimum absolute atomic E-state index is 0.138. The van der Waals surface area contributed by atoms with Crippen molar-refractivity contribution in [3.8, 4) is 0 Å². The summed E-state index contributed by atoms with van der Waals surface area (Å²) in [4.78, 5) is 13.9. The molecule has 1 saturated heterocycles. The molecule has 100 valence electrons. The van der Waals surface area contributed by atoms with Crippen LogP contribution in [-0.4, -0.2) is 30.6 Å². The van der Waals surface area contributed by atoms with Crippen LogP contribution in [0.3, 0.4) is 0 Å². The Morgan fingerprint density at radius 2 is 1.76 bits per heavy atom. The highest BCUT2D eigenvalue weighted by Gasteiger charge is 2.32. The van der Waals surface area contributed by atoms with Gasteiger partial charge >= 0.3 is 6.03 Å². The molecule has 0 bridgehead atoms. The van der Waals surface area contributed by atoms with E-state index >= 15 is 0 Å². The van der Waals surface area contributed by atoms with Crippen LogP contribution in [0, 0.1) is 5.41 Å². The Bertz CT molecular complexity index is 226. The van der Waals surface area contributed by atoms with E-state index < -0.39 is 0 Å². The number of likely N-dealkylation sites (tertiary alicyclic amines) is 1. The van der Waals surface area contributed by atoms with Crippen LogP contribution in [0.4, 0.5) is 4.79 Å². The SMILES string of the molecule is CCCCNC(=O)N1CCC(CC)(CC)CC1. The Morgan fingerprint density at radius 1 is 1.18 bits per heavy atom. The predicted octanol–water partition coefficient (Wildman–Crippen LogP) is 3.40. The van der Waals surface area contributed by atoms with Crippen molar-refractivity contribution in [2.75, 3.05) is 19.6 Å². The molecular weight excluding hydrogens is 212 g/mol. The van der Waals surface area contributed by atoms with Crippen LogP contribution in [0.15, 0.2) is 0 Å². The average molecular weight is 240 g/mol. The van der Waals surface area contributed by atoms with E-state index in [-0.39, 0.29) is 6.03 Å². The molecule has 0 unspecified atom stereocenters. The lowest BCUT2D eigenvalue weighted by Crippen LogP contribution is -2.47. The lowest BCUT2D eigenvalue weighted by atomic mass is 9.74. The van der Waals surface area contributed by atoms with Crippen LogP contribution >= 0.6 is 0 Å². The summed E-state index contributed by atoms with van der Waals surface area (Å²) in [6, 6.07) is 0.138. The number of amides is 2. The zero-order chi connectivity index (χ0) is 12.7. The van der Waals surface area contributed by atoms with Crippen LogP contribution in [0.25, 0.3) is 0 Å². The second-order valence-electron chi connectivity index (χ2n) is 5.28. The molecule has 0 aliphatic carbocycles. The van der Waals surface area contributed by atoms with Crippen LogP contribution in [0.1, 0.15) is 59.3 Å². The largest absolute Gasteiger partial charge is 0.338 e. The highest BCUT2D eigenvalue weighted by molar-refractivity contribution is 5.74. The lowest BCUT2D eigenvalue weighted by Gasteiger charge is -2.40. The molecule has 2 amide bonds. The second kappa shape index (κ2) is 6.87. The van der Waals surface area contributed by atoms with Gasteiger partial charge in [-0.25, -0.2) is 4.79 Å². The first kappa shape index (κ1) is 14.3. The van der Waals surface area contributed by atoms with Gasteiger partial charge in [0.15, 0.2) is 0 Å². The lowest BCUT2D eigenvalue weighted by molar-refractivity contribution is 0.109. The van der Waals surface area contributed by atoms with Gasteiger partial charge in [-0.15, -0.1) is 0 Å². The number of hydrogen-bond acceptors (Lipinski definition) is 1. The highest BCUT2D eigenvalue weighted by Crippen LogP contribution is 2.37. The molecule has 3 nitrogen and oxygen atoms in total. The monoisotopic (exact) mass is 240 g/mol. The van der Waals surface area contributed by atoms with Gasteiger partial charge in [0.2, 0.25) is 0 Å². The Kier molecular flexibility index (Phi) is 5.79. The maximum atomic E-state index is 11.9. The fourth-order valence-corrected chi connectivity index (χ4v) is 2.63. The minimum Gasteiger partial charge on any atom is -0.338 e. The number of carbonyl (C=O) groups excluding carboxylic acids is 1. The maximum absolute atomic E-state index is 11.9. The van der Waals surface area contributed by atoms with E-state index in [0.717, 1.165) is 32.5 Å². The molecule has 17 heavy (non-hydrogen) atoms. The third kappa shape index (κ3) is 3.90. The maximum Gasteiger partial charge on any atom is 0.317 e. The van der Waals surface area contributed by atoms with Crippen LogP contribution in [-0.2, 0) is 0 Å². The van der Waals surface area contributed by atoms with Crippen molar-refractivity contribution in [3.63, 3.8) is 0 Å². The number of nitrogens with one attached hydrogen (secondary N) is 1. The molecule has 1 fully saturated rings. The normalized spacial score (nSPS) is 19.1. The molecule has 1 rings (SSSR count). The van der Waals surface area contributed by atoms with Gasteiger partial charge in [0.1, 0.15) is 0 Å². The summed E-state index contributed by atoms with van der Waals surface area (Å²) in [6.45, 7) is 9.38. The number of unbranched alkanes of at least 4 members (excludes halogenated alkanes) is 1. The van der Waals surface area contributed by atoms with Gasteiger partial charge in [0.05, 0.1) is 0 Å². The molecule has 0 saturated carbocycles. The average Bonchev–Trinajstić information content (AvgIpc) is 2.39. The van der Waals surface area contributed by atoms with Crippen molar-refractivity contribution in [3.05, 3.63) is 0 Å². The summed E-state index contributed by atoms with van der Waals surface area (Å²) in [5.41, 5.74) is 0.500. The predicted molar refractivity (Wildman–Crippen MR) is 72.1 cm³/mol. The Morgan fingerprint density at radius 3 is 2.24 bits per heavy atom. The molecule has 3 heteroatoms. The molecular formula is C14H28N2O. The Balaban J connectivity index is 2.33. The third-order valence-electron chi connectivity index (χ3n) is 4.42. The van der Waals surface area contributed by atoms with Gasteiger partial charge < -0.3 is 10.2 Å². The van der Waals surface area contributed by atoms with Crippen molar-refractivity contribution < 1.29 is 4.79 Å². The topological polar surface area (TPSA) is 32.3 Å². The van der Waals surface area contributed by atoms with E-state index in [1.807, 2.05) is 4.90 Å². The van der Waals surface area contributed by atoms with Crippen molar-refractivity contribution in [1.29, 1.82) is 0 Å². The number of carbonyl (C=O) groups is 1. The first-order valence-electron chi connectivity index (χ1n) is 7.20. The van der Waals surface area contributed by atoms with E-state index in [1.165, 1.54) is 25.7 Å². The van der Waals surface area contributed by atoms with E-state index in [0.29, 0.717) is 5.41 Å². The quantitative estimate of drug-likeness (QED) is 0.734. The molecule has 0 spiro atoms. The molecule has 0 radical (unpaired) electrons. The molecule has 1 aliphatic heterocycles. The summed E-state index contributed by atoms with van der Waals surface area (Å²) in [7, 11) is 0. The number of piperidine rings is 1. The molecule has 0 aromatic rings. The second-order valence-corrected chi connectivity index (χ2v) is 5.28. The van der Waals surface area contributed by atoms with Crippen LogP contribution in [0.5, 0.6) is 0 Å². The fraction of sp³-hybridized carbons (Fsp3) is 0.929. The van der Waals surface area contributed by atoms with Crippen LogP contribution in [0.2, 0.25) is 0 Å². The first-order chi connectivity index (χ1) is 8.17. The van der Waals surface area contributed by atoms with Gasteiger partial charge in [0.25, 0.3) is 0 Å². The van der Waals surface area contributed by atoms with Gasteiger partial charge in [-0.1, -0.05) is 40.0 Å². The van der Waals surface area contributed by atoms with Gasteiger partial charge in [0, 0.05) is 19.6 Å². The fourth-order valence-electron chi connectivity index (χ4n) is 2.63. The zero-order valence-electron chi connectivity index (χ0n) is 11.7. The Hall–Kier alpha value is -0.730. The standard InChI is InChI=1S/C14H28N2O/c1-4-7-10-15-13(17)16-11-8-14(5-2,6-3)9-12-16/h4-12H2,1-3H3,(H,15,17). The molecule has 1 N–H and O–H groups in total. The first-order valence-corrected chi connectivity index (χ1v) is 7.20. The van der Waals surface area contributed by atoms with Crippen LogP contribution < -0.4 is 5.32 Å². The number of rotatable bonds is 5. The van der Waals surface area contributed by atoms with Crippen molar-refractivity contribution >= 4 is 6.03 Å². The van der Waals surface area contributed by atoms with Crippen molar-refractivity contribution in [1.82, 2.24) is 10.2 Å². The van der Waals surface area contributed by atoms with Crippen molar-refractivity contribution in [2.45, 2.75) is 59.3 Å². The Labute approximate surface area is 106 Å². The highest BCUT2D eigenvalue weighted by atomic mass is 16.2. The van der Waals surface area contributed by atoms with E-state index in [9.17, 15) is 4.79 Å². The zero-order valence-corrected chi connectivity index (χ0v) is 11.7. The summed E-state index contributed by atoms with van der Waals surface area (Å²) in [5, 5.41) is 3.00. The molecule has 0 atom stereocenters. The minimum atomic E-state index is 0.138. The summed E-state index contributed by atoms with van der Waals surface area (Å²) < 4.78 is 0. The third-order valence-corrected chi connectivity index (χ3v) is 4.42. The molecule has 1 aliphatic rings. The smallest absolute Gasteiger partial charge is 0.317 e. The van der Waals surface area contributed by atoms with Gasteiger partial charge in [-0.2, -0.15) is 0 Å². The van der Waals surface area contributed by atoms with E-state index in [4.69, 9.17) is 0 Å². The van der Waals surface area contributed by atoms with Gasteiger partial charge in [-0.05, 0) is 24.7 Å².